The van der Waals surface area contributed by atoms with Gasteiger partial charge in [0.2, 0.25) is 0 Å². The van der Waals surface area contributed by atoms with Gasteiger partial charge in [0.25, 0.3) is 11.6 Å². The van der Waals surface area contributed by atoms with Crippen molar-refractivity contribution in [1.29, 1.82) is 0 Å². The minimum Gasteiger partial charge on any atom is -0.307 e. The number of hydrogen-bond acceptors (Lipinski definition) is 5. The van der Waals surface area contributed by atoms with Crippen LogP contribution in [0.5, 0.6) is 0 Å². The van der Waals surface area contributed by atoms with Crippen molar-refractivity contribution in [3.8, 4) is 0 Å². The highest BCUT2D eigenvalue weighted by atomic mass is 32.2. The van der Waals surface area contributed by atoms with Crippen molar-refractivity contribution in [3.63, 3.8) is 0 Å². The number of allylic oxidation sites excluding steroid dienone is 4. The number of carbonyl (C=O) groups excluding carboxylic acids is 1. The second-order valence-electron chi connectivity index (χ2n) is 3.97. The third-order valence-corrected chi connectivity index (χ3v) is 3.69. The van der Waals surface area contributed by atoms with Gasteiger partial charge in [-0.1, -0.05) is 48.3 Å². The average molecular weight is 318 g/mol. The second kappa shape index (κ2) is 6.96. The van der Waals surface area contributed by atoms with E-state index in [1.54, 1.807) is 36.4 Å². The monoisotopic (exact) mass is 318 g/mol. The van der Waals surface area contributed by atoms with E-state index in [4.69, 9.17) is 12.2 Å². The van der Waals surface area contributed by atoms with E-state index in [1.165, 1.54) is 23.9 Å². The van der Waals surface area contributed by atoms with Gasteiger partial charge in [0, 0.05) is 12.1 Å². The normalized spacial score (nSPS) is 17.0. The molecule has 21 heavy (non-hydrogen) atoms. The van der Waals surface area contributed by atoms with Crippen LogP contribution in [0.4, 0.5) is 5.69 Å². The lowest BCUT2D eigenvalue weighted by Crippen LogP contribution is -2.17. The van der Waals surface area contributed by atoms with Crippen LogP contribution in [0, 0.1) is 10.1 Å². The number of nitrogens with zero attached hydrogens (tertiary/aromatic N) is 1. The second-order valence-corrected chi connectivity index (χ2v) is 5.69. The Hall–Kier alpha value is -2.25. The number of non-ortho nitro benzene ring substituents is 1. The summed E-state index contributed by atoms with van der Waals surface area (Å²) < 4.78 is 0.459. The minimum atomic E-state index is -0.436. The van der Waals surface area contributed by atoms with E-state index in [1.807, 2.05) is 6.08 Å². The van der Waals surface area contributed by atoms with Gasteiger partial charge in [-0.15, -0.1) is 0 Å². The summed E-state index contributed by atoms with van der Waals surface area (Å²) in [5, 5.41) is 13.0. The Morgan fingerprint density at radius 2 is 1.90 bits per heavy atom. The summed E-state index contributed by atoms with van der Waals surface area (Å²) in [6, 6.07) is 6.23. The summed E-state index contributed by atoms with van der Waals surface area (Å²) in [7, 11) is 0. The lowest BCUT2D eigenvalue weighted by molar-refractivity contribution is -0.384. The molecule has 1 aliphatic rings. The van der Waals surface area contributed by atoms with Gasteiger partial charge in [0.1, 0.15) is 4.32 Å². The molecule has 0 unspecified atom stereocenters. The van der Waals surface area contributed by atoms with Crippen LogP contribution in [0.2, 0.25) is 0 Å². The lowest BCUT2D eigenvalue weighted by Gasteiger charge is -1.92. The molecule has 0 radical (unpaired) electrons. The van der Waals surface area contributed by atoms with E-state index in [-0.39, 0.29) is 11.6 Å². The van der Waals surface area contributed by atoms with Crippen LogP contribution in [0.3, 0.4) is 0 Å². The molecule has 5 nitrogen and oxygen atoms in total. The van der Waals surface area contributed by atoms with Crippen molar-refractivity contribution < 1.29 is 9.72 Å². The topological polar surface area (TPSA) is 72.2 Å². The largest absolute Gasteiger partial charge is 0.307 e. The summed E-state index contributed by atoms with van der Waals surface area (Å²) in [5.41, 5.74) is 0.916. The fourth-order valence-electron chi connectivity index (χ4n) is 1.52. The number of amides is 1. The molecule has 0 aromatic heterocycles. The lowest BCUT2D eigenvalue weighted by atomic mass is 10.2. The van der Waals surface area contributed by atoms with Crippen LogP contribution in [0.15, 0.2) is 53.5 Å². The molecule has 1 aromatic carbocycles. The molecule has 2 rings (SSSR count). The molecule has 1 amide bonds. The van der Waals surface area contributed by atoms with E-state index >= 15 is 0 Å². The zero-order chi connectivity index (χ0) is 15.2. The molecule has 7 heteroatoms. The molecular formula is C14H10N2O3S2. The predicted octanol–water partition coefficient (Wildman–Crippen LogP) is 3.20. The van der Waals surface area contributed by atoms with Gasteiger partial charge >= 0.3 is 0 Å². The first-order valence-corrected chi connectivity index (χ1v) is 7.11. The van der Waals surface area contributed by atoms with Crippen LogP contribution in [-0.4, -0.2) is 15.2 Å². The molecule has 0 bridgehead atoms. The maximum Gasteiger partial charge on any atom is 0.269 e. The first-order valence-electron chi connectivity index (χ1n) is 5.89. The predicted molar refractivity (Wildman–Crippen MR) is 87.7 cm³/mol. The van der Waals surface area contributed by atoms with Crippen LogP contribution in [-0.2, 0) is 4.79 Å². The number of thioether (sulfide) groups is 1. The number of nitro groups is 1. The summed E-state index contributed by atoms with van der Waals surface area (Å²) >= 11 is 6.10. The zero-order valence-electron chi connectivity index (χ0n) is 10.7. The number of rotatable bonds is 4. The molecule has 106 valence electrons. The highest BCUT2D eigenvalue weighted by Crippen LogP contribution is 2.23. The summed E-state index contributed by atoms with van der Waals surface area (Å²) in [4.78, 5) is 22.0. The molecule has 1 saturated heterocycles. The maximum absolute atomic E-state index is 11.4. The number of carbonyl (C=O) groups is 1. The van der Waals surface area contributed by atoms with Gasteiger partial charge in [-0.05, 0) is 23.8 Å². The Balaban J connectivity index is 1.94. The van der Waals surface area contributed by atoms with E-state index in [0.717, 1.165) is 5.56 Å². The summed E-state index contributed by atoms with van der Waals surface area (Å²) in [6.45, 7) is 0. The van der Waals surface area contributed by atoms with Crippen molar-refractivity contribution in [3.05, 3.63) is 69.2 Å². The molecule has 0 aliphatic carbocycles. The number of nitrogens with one attached hydrogen (secondary N) is 1. The highest BCUT2D eigenvalue weighted by molar-refractivity contribution is 8.26. The van der Waals surface area contributed by atoms with Crippen LogP contribution < -0.4 is 5.32 Å². The van der Waals surface area contributed by atoms with Gasteiger partial charge in [0.15, 0.2) is 0 Å². The molecule has 1 aliphatic heterocycles. The zero-order valence-corrected chi connectivity index (χ0v) is 12.3. The van der Waals surface area contributed by atoms with Crippen molar-refractivity contribution in [1.82, 2.24) is 5.32 Å². The van der Waals surface area contributed by atoms with E-state index in [2.05, 4.69) is 5.32 Å². The molecule has 1 aromatic rings. The molecule has 0 spiro atoms. The number of nitro benzene ring substituents is 1. The highest BCUT2D eigenvalue weighted by Gasteiger charge is 2.20. The maximum atomic E-state index is 11.4. The third-order valence-electron chi connectivity index (χ3n) is 2.50. The van der Waals surface area contributed by atoms with Gasteiger partial charge < -0.3 is 5.32 Å². The summed E-state index contributed by atoms with van der Waals surface area (Å²) in [6.07, 6.45) is 8.78. The summed E-state index contributed by atoms with van der Waals surface area (Å²) in [5.74, 6) is -0.186. The van der Waals surface area contributed by atoms with Gasteiger partial charge in [-0.25, -0.2) is 0 Å². The number of hydrogen-bond donors (Lipinski definition) is 1. The number of benzene rings is 1. The Bertz CT molecular complexity index is 676. The van der Waals surface area contributed by atoms with Crippen LogP contribution in [0.1, 0.15) is 5.56 Å². The first kappa shape index (κ1) is 15.1. The first-order chi connectivity index (χ1) is 10.1. The van der Waals surface area contributed by atoms with Gasteiger partial charge in [-0.3, -0.25) is 14.9 Å². The minimum absolute atomic E-state index is 0.0627. The Kier molecular flexibility index (Phi) is 5.02. The third kappa shape index (κ3) is 4.37. The van der Waals surface area contributed by atoms with Gasteiger partial charge in [-0.2, -0.15) is 0 Å². The van der Waals surface area contributed by atoms with E-state index < -0.39 is 4.92 Å². The Morgan fingerprint density at radius 1 is 1.19 bits per heavy atom. The quantitative estimate of drug-likeness (QED) is 0.303. The molecule has 1 N–H and O–H groups in total. The standard InChI is InChI=1S/C14H10N2O3S2/c17-13-12(21-14(20)15-13)5-3-1-2-4-10-6-8-11(9-7-10)16(18)19/h1-9H,(H,15,17,20)/b3-1+,4-2+,12-5-. The van der Waals surface area contributed by atoms with Crippen molar-refractivity contribution in [2.75, 3.05) is 0 Å². The molecule has 0 saturated carbocycles. The van der Waals surface area contributed by atoms with E-state index in [9.17, 15) is 14.9 Å². The number of thiocarbonyl (C=S) groups is 1. The van der Waals surface area contributed by atoms with Crippen molar-refractivity contribution >= 4 is 46.0 Å². The Labute approximate surface area is 130 Å². The molecule has 1 fully saturated rings. The van der Waals surface area contributed by atoms with E-state index in [0.29, 0.717) is 9.23 Å². The smallest absolute Gasteiger partial charge is 0.269 e. The molecular weight excluding hydrogens is 308 g/mol. The van der Waals surface area contributed by atoms with Crippen molar-refractivity contribution in [2.45, 2.75) is 0 Å². The van der Waals surface area contributed by atoms with Crippen LogP contribution >= 0.6 is 24.0 Å². The average Bonchev–Trinajstić information content (AvgIpc) is 2.77. The Morgan fingerprint density at radius 3 is 2.48 bits per heavy atom. The molecule has 0 atom stereocenters. The van der Waals surface area contributed by atoms with Crippen LogP contribution in [0.25, 0.3) is 6.08 Å². The van der Waals surface area contributed by atoms with Gasteiger partial charge in [0.05, 0.1) is 9.83 Å². The van der Waals surface area contributed by atoms with Crippen molar-refractivity contribution in [2.24, 2.45) is 0 Å². The molecule has 1 heterocycles. The SMILES string of the molecule is O=C1NC(=S)S\C1=C/C=C/C=C/c1ccc([N+](=O)[O-])cc1. The fraction of sp³-hybridized carbons (Fsp3) is 0. The fourth-order valence-corrected chi connectivity index (χ4v) is 2.51.